The van der Waals surface area contributed by atoms with Crippen LogP contribution in [0.5, 0.6) is 11.5 Å². The first-order chi connectivity index (χ1) is 8.17. The predicted octanol–water partition coefficient (Wildman–Crippen LogP) is 1.59. The van der Waals surface area contributed by atoms with E-state index in [-0.39, 0.29) is 19.1 Å². The molecule has 17 heavy (non-hydrogen) atoms. The molecule has 0 aliphatic rings. The van der Waals surface area contributed by atoms with Crippen LogP contribution >= 0.6 is 15.9 Å². The number of terminal acetylenes is 1. The Bertz CT molecular complexity index is 440. The third-order valence-electron chi connectivity index (χ3n) is 1.89. The van der Waals surface area contributed by atoms with Gasteiger partial charge in [-0.1, -0.05) is 5.92 Å². The summed E-state index contributed by atoms with van der Waals surface area (Å²) in [6.45, 7) is 0.124. The Hall–Kier alpha value is -1.67. The third-order valence-corrected chi connectivity index (χ3v) is 2.51. The highest BCUT2D eigenvalue weighted by atomic mass is 79.9. The van der Waals surface area contributed by atoms with E-state index in [0.29, 0.717) is 11.5 Å². The zero-order valence-corrected chi connectivity index (χ0v) is 10.9. The number of halogens is 1. The molecule has 0 atom stereocenters. The Morgan fingerprint density at radius 1 is 1.59 bits per heavy atom. The second kappa shape index (κ2) is 6.81. The molecule has 1 aromatic carbocycles. The van der Waals surface area contributed by atoms with E-state index in [4.69, 9.17) is 15.9 Å². The van der Waals surface area contributed by atoms with E-state index in [2.05, 4.69) is 27.2 Å². The van der Waals surface area contributed by atoms with Gasteiger partial charge in [-0.3, -0.25) is 4.79 Å². The molecule has 0 aromatic heterocycles. The topological polar surface area (TPSA) is 47.6 Å². The first kappa shape index (κ1) is 13.4. The smallest absolute Gasteiger partial charge is 0.258 e. The number of benzene rings is 1. The van der Waals surface area contributed by atoms with Gasteiger partial charge in [-0.25, -0.2) is 0 Å². The van der Waals surface area contributed by atoms with Crippen LogP contribution < -0.4 is 14.8 Å². The van der Waals surface area contributed by atoms with Crippen molar-refractivity contribution in [2.75, 3.05) is 20.3 Å². The normalized spacial score (nSPS) is 9.24. The second-order valence-corrected chi connectivity index (χ2v) is 3.92. The van der Waals surface area contributed by atoms with Crippen LogP contribution in [0.25, 0.3) is 0 Å². The number of ether oxygens (including phenoxy) is 2. The highest BCUT2D eigenvalue weighted by molar-refractivity contribution is 9.10. The fraction of sp³-hybridized carbons (Fsp3) is 0.250. The molecule has 0 bridgehead atoms. The second-order valence-electron chi connectivity index (χ2n) is 3.07. The molecule has 5 heteroatoms. The molecule has 0 spiro atoms. The maximum atomic E-state index is 11.2. The first-order valence-electron chi connectivity index (χ1n) is 4.84. The van der Waals surface area contributed by atoms with Gasteiger partial charge in [0.05, 0.1) is 18.1 Å². The van der Waals surface area contributed by atoms with Gasteiger partial charge in [-0.15, -0.1) is 6.42 Å². The van der Waals surface area contributed by atoms with E-state index in [1.165, 1.54) is 0 Å². The molecule has 1 amide bonds. The van der Waals surface area contributed by atoms with E-state index in [1.54, 1.807) is 25.3 Å². The monoisotopic (exact) mass is 297 g/mol. The quantitative estimate of drug-likeness (QED) is 0.840. The van der Waals surface area contributed by atoms with E-state index in [0.717, 1.165) is 4.47 Å². The van der Waals surface area contributed by atoms with Gasteiger partial charge in [0.15, 0.2) is 6.61 Å². The number of nitrogens with one attached hydrogen (secondary N) is 1. The van der Waals surface area contributed by atoms with Crippen LogP contribution in [0, 0.1) is 12.3 Å². The summed E-state index contributed by atoms with van der Waals surface area (Å²) in [7, 11) is 1.58. The largest absolute Gasteiger partial charge is 0.497 e. The highest BCUT2D eigenvalue weighted by Gasteiger charge is 2.05. The number of rotatable bonds is 5. The Morgan fingerprint density at radius 3 is 2.94 bits per heavy atom. The summed E-state index contributed by atoms with van der Waals surface area (Å²) in [5.41, 5.74) is 0. The van der Waals surface area contributed by atoms with Crippen LogP contribution in [0.3, 0.4) is 0 Å². The van der Waals surface area contributed by atoms with Crippen molar-refractivity contribution in [1.29, 1.82) is 0 Å². The molecule has 0 aliphatic carbocycles. The van der Waals surface area contributed by atoms with Crippen LogP contribution in [0.4, 0.5) is 0 Å². The summed E-state index contributed by atoms with van der Waals surface area (Å²) >= 11 is 3.32. The van der Waals surface area contributed by atoms with Gasteiger partial charge in [0.25, 0.3) is 5.91 Å². The summed E-state index contributed by atoms with van der Waals surface area (Å²) in [6.07, 6.45) is 5.01. The first-order valence-corrected chi connectivity index (χ1v) is 5.63. The molecular formula is C12H12BrNO3. The lowest BCUT2D eigenvalue weighted by Crippen LogP contribution is -2.29. The summed E-state index contributed by atoms with van der Waals surface area (Å²) in [4.78, 5) is 11.2. The van der Waals surface area contributed by atoms with Gasteiger partial charge in [0.1, 0.15) is 11.5 Å². The van der Waals surface area contributed by atoms with Gasteiger partial charge in [-0.05, 0) is 34.1 Å². The van der Waals surface area contributed by atoms with E-state index >= 15 is 0 Å². The van der Waals surface area contributed by atoms with Crippen molar-refractivity contribution >= 4 is 21.8 Å². The van der Waals surface area contributed by atoms with Gasteiger partial charge < -0.3 is 14.8 Å². The number of amides is 1. The van der Waals surface area contributed by atoms with E-state index < -0.39 is 0 Å². The molecule has 0 unspecified atom stereocenters. The number of carbonyl (C=O) groups excluding carboxylic acids is 1. The molecule has 4 nitrogen and oxygen atoms in total. The molecule has 1 aromatic rings. The van der Waals surface area contributed by atoms with Crippen LogP contribution in [0.1, 0.15) is 0 Å². The summed E-state index contributed by atoms with van der Waals surface area (Å²) in [5.74, 6) is 3.33. The minimum absolute atomic E-state index is 0.0768. The molecule has 0 aliphatic heterocycles. The van der Waals surface area contributed by atoms with Crippen LogP contribution in [0.2, 0.25) is 0 Å². The Morgan fingerprint density at radius 2 is 2.35 bits per heavy atom. The molecule has 0 fully saturated rings. The number of carbonyl (C=O) groups is 1. The lowest BCUT2D eigenvalue weighted by Gasteiger charge is -2.08. The molecule has 1 rings (SSSR count). The minimum atomic E-state index is -0.259. The van der Waals surface area contributed by atoms with Crippen molar-refractivity contribution in [2.24, 2.45) is 0 Å². The van der Waals surface area contributed by atoms with Crippen molar-refractivity contribution in [3.63, 3.8) is 0 Å². The van der Waals surface area contributed by atoms with Gasteiger partial charge in [0, 0.05) is 0 Å². The van der Waals surface area contributed by atoms with Crippen LogP contribution in [-0.2, 0) is 4.79 Å². The summed E-state index contributed by atoms with van der Waals surface area (Å²) < 4.78 is 11.1. The van der Waals surface area contributed by atoms with Crippen molar-refractivity contribution < 1.29 is 14.3 Å². The van der Waals surface area contributed by atoms with Crippen LogP contribution in [-0.4, -0.2) is 26.2 Å². The number of methoxy groups -OCH3 is 1. The molecule has 1 N–H and O–H groups in total. The number of hydrogen-bond donors (Lipinski definition) is 1. The fourth-order valence-corrected chi connectivity index (χ4v) is 1.54. The predicted molar refractivity (Wildman–Crippen MR) is 68.0 cm³/mol. The van der Waals surface area contributed by atoms with Gasteiger partial charge >= 0.3 is 0 Å². The van der Waals surface area contributed by atoms with Gasteiger partial charge in [-0.2, -0.15) is 0 Å². The molecule has 0 saturated heterocycles. The molecule has 90 valence electrons. The Balaban J connectivity index is 2.52. The lowest BCUT2D eigenvalue weighted by atomic mass is 10.3. The number of hydrogen-bond acceptors (Lipinski definition) is 3. The Kier molecular flexibility index (Phi) is 5.37. The zero-order valence-electron chi connectivity index (χ0n) is 9.33. The Labute approximate surface area is 108 Å². The average molecular weight is 298 g/mol. The molecule has 0 radical (unpaired) electrons. The molecule has 0 heterocycles. The SMILES string of the molecule is C#CCNC(=O)COc1ccc(OC)cc1Br. The third kappa shape index (κ3) is 4.37. The van der Waals surface area contributed by atoms with Crippen molar-refractivity contribution in [3.05, 3.63) is 22.7 Å². The average Bonchev–Trinajstić information content (AvgIpc) is 2.34. The molecule has 0 saturated carbocycles. The minimum Gasteiger partial charge on any atom is -0.497 e. The standard InChI is InChI=1S/C12H12BrNO3/c1-3-6-14-12(15)8-17-11-5-4-9(16-2)7-10(11)13/h1,4-5,7H,6,8H2,2H3,(H,14,15). The maximum absolute atomic E-state index is 11.2. The fourth-order valence-electron chi connectivity index (χ4n) is 1.07. The zero-order chi connectivity index (χ0) is 12.7. The van der Waals surface area contributed by atoms with Gasteiger partial charge in [0.2, 0.25) is 0 Å². The van der Waals surface area contributed by atoms with E-state index in [9.17, 15) is 4.79 Å². The van der Waals surface area contributed by atoms with Crippen molar-refractivity contribution in [1.82, 2.24) is 5.32 Å². The molecular weight excluding hydrogens is 286 g/mol. The summed E-state index contributed by atoms with van der Waals surface area (Å²) in [5, 5.41) is 2.50. The highest BCUT2D eigenvalue weighted by Crippen LogP contribution is 2.28. The summed E-state index contributed by atoms with van der Waals surface area (Å²) in [6, 6.07) is 5.23. The lowest BCUT2D eigenvalue weighted by molar-refractivity contribution is -0.122. The maximum Gasteiger partial charge on any atom is 0.258 e. The van der Waals surface area contributed by atoms with Crippen molar-refractivity contribution in [3.8, 4) is 23.8 Å². The van der Waals surface area contributed by atoms with Crippen LogP contribution in [0.15, 0.2) is 22.7 Å². The van der Waals surface area contributed by atoms with E-state index in [1.807, 2.05) is 0 Å². The van der Waals surface area contributed by atoms with Crippen molar-refractivity contribution in [2.45, 2.75) is 0 Å².